The number of rotatable bonds is 7. The van der Waals surface area contributed by atoms with E-state index in [1.54, 1.807) is 23.5 Å². The van der Waals surface area contributed by atoms with E-state index in [1.807, 2.05) is 19.1 Å². The molecule has 1 aromatic heterocycles. The van der Waals surface area contributed by atoms with Crippen molar-refractivity contribution in [1.29, 1.82) is 0 Å². The molecule has 0 atom stereocenters. The molecule has 126 valence electrons. The predicted molar refractivity (Wildman–Crippen MR) is 97.6 cm³/mol. The second kappa shape index (κ2) is 7.62. The Bertz CT molecular complexity index is 721. The molecule has 0 bridgehead atoms. The van der Waals surface area contributed by atoms with Crippen molar-refractivity contribution in [3.8, 4) is 0 Å². The van der Waals surface area contributed by atoms with Crippen molar-refractivity contribution in [3.63, 3.8) is 0 Å². The first-order valence-electron chi connectivity index (χ1n) is 8.35. The standard InChI is InChI=1S/C19H22N2O2S/c1-13-7-8-14(19(23)20-15-9-10-15)12-17(13)21-18(22)6-2-4-16-5-3-11-24-16/h3,5,7-8,11-12,15H,2,4,6,9-10H2,1H3,(H,20,23)(H,21,22). The molecule has 0 radical (unpaired) electrons. The quantitative estimate of drug-likeness (QED) is 0.801. The zero-order valence-corrected chi connectivity index (χ0v) is 14.6. The number of hydrogen-bond donors (Lipinski definition) is 2. The Labute approximate surface area is 146 Å². The summed E-state index contributed by atoms with van der Waals surface area (Å²) in [5, 5.41) is 7.96. The first kappa shape index (κ1) is 16.7. The zero-order chi connectivity index (χ0) is 16.9. The lowest BCUT2D eigenvalue weighted by molar-refractivity contribution is -0.116. The van der Waals surface area contributed by atoms with Crippen LogP contribution in [0.15, 0.2) is 35.7 Å². The Hall–Kier alpha value is -2.14. The number of carbonyl (C=O) groups is 2. The first-order chi connectivity index (χ1) is 11.6. The molecule has 5 heteroatoms. The summed E-state index contributed by atoms with van der Waals surface area (Å²) in [7, 11) is 0. The van der Waals surface area contributed by atoms with Crippen molar-refractivity contribution in [2.24, 2.45) is 0 Å². The Morgan fingerprint density at radius 3 is 2.79 bits per heavy atom. The maximum Gasteiger partial charge on any atom is 0.251 e. The lowest BCUT2D eigenvalue weighted by Crippen LogP contribution is -2.25. The van der Waals surface area contributed by atoms with Gasteiger partial charge in [-0.1, -0.05) is 12.1 Å². The van der Waals surface area contributed by atoms with Crippen LogP contribution in [0.3, 0.4) is 0 Å². The van der Waals surface area contributed by atoms with Crippen LogP contribution in [0.1, 0.15) is 46.5 Å². The van der Waals surface area contributed by atoms with Crippen LogP contribution < -0.4 is 10.6 Å². The Morgan fingerprint density at radius 2 is 2.08 bits per heavy atom. The van der Waals surface area contributed by atoms with Gasteiger partial charge in [0.15, 0.2) is 0 Å². The molecule has 2 amide bonds. The number of hydrogen-bond acceptors (Lipinski definition) is 3. The topological polar surface area (TPSA) is 58.2 Å². The third kappa shape index (κ3) is 4.68. The Balaban J connectivity index is 1.54. The summed E-state index contributed by atoms with van der Waals surface area (Å²) >= 11 is 1.72. The van der Waals surface area contributed by atoms with E-state index in [0.717, 1.165) is 36.9 Å². The van der Waals surface area contributed by atoms with Gasteiger partial charge >= 0.3 is 0 Å². The second-order valence-corrected chi connectivity index (χ2v) is 7.29. The molecule has 0 saturated heterocycles. The van der Waals surface area contributed by atoms with E-state index in [2.05, 4.69) is 22.1 Å². The van der Waals surface area contributed by atoms with Crippen LogP contribution in [0, 0.1) is 6.92 Å². The van der Waals surface area contributed by atoms with Crippen LogP contribution in [0.4, 0.5) is 5.69 Å². The third-order valence-electron chi connectivity index (χ3n) is 4.09. The molecular weight excluding hydrogens is 320 g/mol. The van der Waals surface area contributed by atoms with E-state index in [-0.39, 0.29) is 11.8 Å². The highest BCUT2D eigenvalue weighted by atomic mass is 32.1. The molecule has 1 fully saturated rings. The molecular formula is C19H22N2O2S. The molecule has 2 aromatic rings. The number of amides is 2. The zero-order valence-electron chi connectivity index (χ0n) is 13.8. The molecule has 0 spiro atoms. The van der Waals surface area contributed by atoms with E-state index >= 15 is 0 Å². The van der Waals surface area contributed by atoms with Crippen molar-refractivity contribution in [2.75, 3.05) is 5.32 Å². The Morgan fingerprint density at radius 1 is 1.25 bits per heavy atom. The highest BCUT2D eigenvalue weighted by Crippen LogP contribution is 2.21. The van der Waals surface area contributed by atoms with Crippen molar-refractivity contribution < 1.29 is 9.59 Å². The minimum Gasteiger partial charge on any atom is -0.349 e. The molecule has 1 aliphatic rings. The van der Waals surface area contributed by atoms with Gasteiger partial charge in [-0.25, -0.2) is 0 Å². The van der Waals surface area contributed by atoms with Crippen LogP contribution >= 0.6 is 11.3 Å². The number of aryl methyl sites for hydroxylation is 2. The summed E-state index contributed by atoms with van der Waals surface area (Å²) in [5.74, 6) is -0.0694. The largest absolute Gasteiger partial charge is 0.349 e. The van der Waals surface area contributed by atoms with Gasteiger partial charge in [-0.15, -0.1) is 11.3 Å². The number of thiophene rings is 1. The highest BCUT2D eigenvalue weighted by Gasteiger charge is 2.24. The second-order valence-electron chi connectivity index (χ2n) is 6.26. The average Bonchev–Trinajstić information content (AvgIpc) is 3.21. The van der Waals surface area contributed by atoms with Crippen LogP contribution in [-0.4, -0.2) is 17.9 Å². The summed E-state index contributed by atoms with van der Waals surface area (Å²) < 4.78 is 0. The minimum absolute atomic E-state index is 0.00518. The van der Waals surface area contributed by atoms with Crippen molar-refractivity contribution in [3.05, 3.63) is 51.7 Å². The van der Waals surface area contributed by atoms with Crippen molar-refractivity contribution in [2.45, 2.75) is 45.1 Å². The predicted octanol–water partition coefficient (Wildman–Crippen LogP) is 3.91. The average molecular weight is 342 g/mol. The molecule has 2 N–H and O–H groups in total. The van der Waals surface area contributed by atoms with Crippen molar-refractivity contribution >= 4 is 28.8 Å². The maximum atomic E-state index is 12.2. The fourth-order valence-electron chi connectivity index (χ4n) is 2.49. The van der Waals surface area contributed by atoms with E-state index in [4.69, 9.17) is 0 Å². The molecule has 0 aliphatic heterocycles. The van der Waals surface area contributed by atoms with Crippen LogP contribution in [0.25, 0.3) is 0 Å². The summed E-state index contributed by atoms with van der Waals surface area (Å²) in [5.41, 5.74) is 2.28. The van der Waals surface area contributed by atoms with Gasteiger partial charge in [-0.3, -0.25) is 9.59 Å². The van der Waals surface area contributed by atoms with Gasteiger partial charge in [0.1, 0.15) is 0 Å². The number of carbonyl (C=O) groups excluding carboxylic acids is 2. The number of nitrogens with one attached hydrogen (secondary N) is 2. The molecule has 0 unspecified atom stereocenters. The smallest absolute Gasteiger partial charge is 0.251 e. The highest BCUT2D eigenvalue weighted by molar-refractivity contribution is 7.09. The van der Waals surface area contributed by atoms with E-state index in [9.17, 15) is 9.59 Å². The maximum absolute atomic E-state index is 12.2. The molecule has 1 aromatic carbocycles. The Kier molecular flexibility index (Phi) is 5.30. The summed E-state index contributed by atoms with van der Waals surface area (Å²) in [6.07, 6.45) is 4.36. The SMILES string of the molecule is Cc1ccc(C(=O)NC2CC2)cc1NC(=O)CCCc1cccs1. The van der Waals surface area contributed by atoms with Crippen LogP contribution in [0.5, 0.6) is 0 Å². The summed E-state index contributed by atoms with van der Waals surface area (Å²) in [6.45, 7) is 1.93. The first-order valence-corrected chi connectivity index (χ1v) is 9.23. The lowest BCUT2D eigenvalue weighted by Gasteiger charge is -2.11. The van der Waals surface area contributed by atoms with E-state index in [1.165, 1.54) is 4.88 Å². The molecule has 1 heterocycles. The molecule has 24 heavy (non-hydrogen) atoms. The minimum atomic E-state index is -0.0642. The van der Waals surface area contributed by atoms with Crippen molar-refractivity contribution in [1.82, 2.24) is 5.32 Å². The monoisotopic (exact) mass is 342 g/mol. The van der Waals surface area contributed by atoms with Gasteiger partial charge in [0.05, 0.1) is 0 Å². The number of benzene rings is 1. The molecule has 4 nitrogen and oxygen atoms in total. The normalized spacial score (nSPS) is 13.5. The van der Waals surface area contributed by atoms with Gasteiger partial charge in [0.2, 0.25) is 5.91 Å². The molecule has 1 saturated carbocycles. The molecule has 1 aliphatic carbocycles. The lowest BCUT2D eigenvalue weighted by atomic mass is 10.1. The van der Waals surface area contributed by atoms with Gasteiger partial charge in [0.25, 0.3) is 5.91 Å². The van der Waals surface area contributed by atoms with Crippen LogP contribution in [0.2, 0.25) is 0 Å². The van der Waals surface area contributed by atoms with Gasteiger partial charge < -0.3 is 10.6 Å². The summed E-state index contributed by atoms with van der Waals surface area (Å²) in [4.78, 5) is 25.6. The van der Waals surface area contributed by atoms with Gasteiger partial charge in [-0.2, -0.15) is 0 Å². The number of anilines is 1. The van der Waals surface area contributed by atoms with E-state index < -0.39 is 0 Å². The van der Waals surface area contributed by atoms with E-state index in [0.29, 0.717) is 18.0 Å². The molecule has 3 rings (SSSR count). The summed E-state index contributed by atoms with van der Waals surface area (Å²) in [6, 6.07) is 9.90. The van der Waals surface area contributed by atoms with Crippen LogP contribution in [-0.2, 0) is 11.2 Å². The fourth-order valence-corrected chi connectivity index (χ4v) is 3.24. The third-order valence-corrected chi connectivity index (χ3v) is 5.03. The van der Waals surface area contributed by atoms with Gasteiger partial charge in [0, 0.05) is 28.6 Å². The fraction of sp³-hybridized carbons (Fsp3) is 0.368. The van der Waals surface area contributed by atoms with Gasteiger partial charge in [-0.05, 0) is 61.7 Å².